The van der Waals surface area contributed by atoms with Crippen LogP contribution in [0.2, 0.25) is 5.02 Å². The Morgan fingerprint density at radius 2 is 1.74 bits per heavy atom. The summed E-state index contributed by atoms with van der Waals surface area (Å²) in [4.78, 5) is 17.8. The van der Waals surface area contributed by atoms with Gasteiger partial charge in [-0.3, -0.25) is 0 Å². The van der Waals surface area contributed by atoms with Gasteiger partial charge < -0.3 is 10.6 Å². The Balaban J connectivity index is 1.76. The Kier molecular flexibility index (Phi) is 4.56. The highest BCUT2D eigenvalue weighted by molar-refractivity contribution is 6.30. The number of anilines is 4. The molecule has 0 atom stereocenters. The van der Waals surface area contributed by atoms with Crippen molar-refractivity contribution in [3.8, 4) is 0 Å². The average molecular weight is 377 g/mol. The Bertz CT molecular complexity index is 1130. The molecule has 27 heavy (non-hydrogen) atoms. The SMILES string of the molecule is Cc1ccc(Nc2nc(Nc3cccc(Cl)c3)nc3nccnc23)c(C)c1. The summed E-state index contributed by atoms with van der Waals surface area (Å²) in [6.07, 6.45) is 3.24. The molecule has 6 nitrogen and oxygen atoms in total. The van der Waals surface area contributed by atoms with Gasteiger partial charge in [-0.1, -0.05) is 35.4 Å². The number of halogens is 1. The quantitative estimate of drug-likeness (QED) is 0.511. The maximum absolute atomic E-state index is 6.06. The number of nitrogens with one attached hydrogen (secondary N) is 2. The highest BCUT2D eigenvalue weighted by Gasteiger charge is 2.11. The van der Waals surface area contributed by atoms with E-state index in [0.29, 0.717) is 28.0 Å². The van der Waals surface area contributed by atoms with E-state index in [1.54, 1.807) is 12.4 Å². The first-order valence-electron chi connectivity index (χ1n) is 8.44. The van der Waals surface area contributed by atoms with Gasteiger partial charge in [0.15, 0.2) is 17.0 Å². The van der Waals surface area contributed by atoms with E-state index in [1.165, 1.54) is 5.56 Å². The summed E-state index contributed by atoms with van der Waals surface area (Å²) >= 11 is 6.06. The van der Waals surface area contributed by atoms with Crippen LogP contribution in [0.5, 0.6) is 0 Å². The molecule has 0 bridgehead atoms. The van der Waals surface area contributed by atoms with Gasteiger partial charge in [-0.15, -0.1) is 0 Å². The molecule has 0 aliphatic heterocycles. The lowest BCUT2D eigenvalue weighted by atomic mass is 10.1. The molecule has 0 radical (unpaired) electrons. The molecular formula is C20H17ClN6. The molecule has 134 valence electrons. The van der Waals surface area contributed by atoms with Crippen LogP contribution < -0.4 is 10.6 Å². The molecule has 0 aliphatic carbocycles. The first-order chi connectivity index (χ1) is 13.1. The van der Waals surface area contributed by atoms with Crippen LogP contribution in [0.25, 0.3) is 11.2 Å². The van der Waals surface area contributed by atoms with E-state index in [9.17, 15) is 0 Å². The number of rotatable bonds is 4. The summed E-state index contributed by atoms with van der Waals surface area (Å²) in [5.74, 6) is 1.00. The first kappa shape index (κ1) is 17.2. The maximum atomic E-state index is 6.06. The van der Waals surface area contributed by atoms with Crippen molar-refractivity contribution in [2.75, 3.05) is 10.6 Å². The van der Waals surface area contributed by atoms with Gasteiger partial charge in [0.25, 0.3) is 0 Å². The molecule has 0 spiro atoms. The van der Waals surface area contributed by atoms with Crippen LogP contribution in [0.4, 0.5) is 23.1 Å². The van der Waals surface area contributed by atoms with Crippen LogP contribution in [-0.4, -0.2) is 19.9 Å². The van der Waals surface area contributed by atoms with E-state index in [2.05, 4.69) is 56.5 Å². The number of hydrogen-bond acceptors (Lipinski definition) is 6. The lowest BCUT2D eigenvalue weighted by Crippen LogP contribution is -2.04. The van der Waals surface area contributed by atoms with Crippen molar-refractivity contribution in [1.82, 2.24) is 19.9 Å². The van der Waals surface area contributed by atoms with Crippen LogP contribution >= 0.6 is 11.6 Å². The van der Waals surface area contributed by atoms with E-state index in [0.717, 1.165) is 16.9 Å². The Morgan fingerprint density at radius 1 is 0.889 bits per heavy atom. The lowest BCUT2D eigenvalue weighted by molar-refractivity contribution is 1.14. The topological polar surface area (TPSA) is 75.6 Å². The number of aryl methyl sites for hydroxylation is 2. The number of benzene rings is 2. The van der Waals surface area contributed by atoms with Crippen LogP contribution in [0.1, 0.15) is 11.1 Å². The fourth-order valence-electron chi connectivity index (χ4n) is 2.78. The normalized spacial score (nSPS) is 10.8. The summed E-state index contributed by atoms with van der Waals surface area (Å²) < 4.78 is 0. The highest BCUT2D eigenvalue weighted by Crippen LogP contribution is 2.26. The minimum atomic E-state index is 0.414. The largest absolute Gasteiger partial charge is 0.338 e. The molecule has 4 aromatic rings. The maximum Gasteiger partial charge on any atom is 0.231 e. The van der Waals surface area contributed by atoms with Gasteiger partial charge in [0, 0.05) is 28.8 Å². The summed E-state index contributed by atoms with van der Waals surface area (Å²) in [6.45, 7) is 4.12. The zero-order chi connectivity index (χ0) is 18.8. The van der Waals surface area contributed by atoms with Gasteiger partial charge in [0.05, 0.1) is 0 Å². The summed E-state index contributed by atoms with van der Waals surface area (Å²) in [7, 11) is 0. The molecule has 4 rings (SSSR count). The number of hydrogen-bond donors (Lipinski definition) is 2. The molecule has 2 aromatic carbocycles. The van der Waals surface area contributed by atoms with E-state index in [1.807, 2.05) is 30.3 Å². The second kappa shape index (κ2) is 7.17. The Morgan fingerprint density at radius 3 is 2.56 bits per heavy atom. The molecule has 0 unspecified atom stereocenters. The third-order valence-corrected chi connectivity index (χ3v) is 4.28. The Labute approximate surface area is 161 Å². The first-order valence-corrected chi connectivity index (χ1v) is 8.82. The monoisotopic (exact) mass is 376 g/mol. The van der Waals surface area contributed by atoms with E-state index >= 15 is 0 Å². The fraction of sp³-hybridized carbons (Fsp3) is 0.100. The Hall–Kier alpha value is -3.25. The van der Waals surface area contributed by atoms with Crippen LogP contribution in [0.3, 0.4) is 0 Å². The van der Waals surface area contributed by atoms with Crippen molar-refractivity contribution < 1.29 is 0 Å². The molecule has 2 N–H and O–H groups in total. The third kappa shape index (κ3) is 3.80. The molecule has 0 amide bonds. The average Bonchev–Trinajstić information content (AvgIpc) is 2.64. The molecule has 7 heteroatoms. The minimum Gasteiger partial charge on any atom is -0.338 e. The van der Waals surface area contributed by atoms with Crippen LogP contribution in [0.15, 0.2) is 54.9 Å². The van der Waals surface area contributed by atoms with Crippen molar-refractivity contribution in [1.29, 1.82) is 0 Å². The fourth-order valence-corrected chi connectivity index (χ4v) is 2.97. The lowest BCUT2D eigenvalue weighted by Gasteiger charge is -2.13. The molecule has 2 heterocycles. The van der Waals surface area contributed by atoms with Gasteiger partial charge in [-0.2, -0.15) is 9.97 Å². The second-order valence-electron chi connectivity index (χ2n) is 6.20. The zero-order valence-electron chi connectivity index (χ0n) is 14.9. The number of aromatic nitrogens is 4. The predicted octanol–water partition coefficient (Wildman–Crippen LogP) is 5.18. The molecule has 0 aliphatic rings. The second-order valence-corrected chi connectivity index (χ2v) is 6.64. The van der Waals surface area contributed by atoms with Gasteiger partial charge in [0.2, 0.25) is 5.95 Å². The van der Waals surface area contributed by atoms with Crippen LogP contribution in [0, 0.1) is 13.8 Å². The smallest absolute Gasteiger partial charge is 0.231 e. The molecule has 2 aromatic heterocycles. The summed E-state index contributed by atoms with van der Waals surface area (Å²) in [5, 5.41) is 7.17. The number of fused-ring (bicyclic) bond motifs is 1. The van der Waals surface area contributed by atoms with Crippen molar-refractivity contribution >= 4 is 45.9 Å². The van der Waals surface area contributed by atoms with Gasteiger partial charge in [-0.05, 0) is 43.7 Å². The third-order valence-electron chi connectivity index (χ3n) is 4.05. The van der Waals surface area contributed by atoms with Crippen molar-refractivity contribution in [2.24, 2.45) is 0 Å². The van der Waals surface area contributed by atoms with Crippen molar-refractivity contribution in [3.05, 3.63) is 71.0 Å². The molecule has 0 fully saturated rings. The molecule has 0 saturated heterocycles. The predicted molar refractivity (Wildman–Crippen MR) is 109 cm³/mol. The minimum absolute atomic E-state index is 0.414. The van der Waals surface area contributed by atoms with E-state index in [4.69, 9.17) is 11.6 Å². The standard InChI is InChI=1S/C20H17ClN6/c1-12-6-7-16(13(2)10-12)25-19-17-18(23-9-8-22-17)26-20(27-19)24-15-5-3-4-14(21)11-15/h3-11H,1-2H3,(H2,23,24,25,26,27). The van der Waals surface area contributed by atoms with Crippen molar-refractivity contribution in [3.63, 3.8) is 0 Å². The van der Waals surface area contributed by atoms with Gasteiger partial charge in [-0.25, -0.2) is 9.97 Å². The summed E-state index contributed by atoms with van der Waals surface area (Å²) in [5.41, 5.74) is 5.19. The van der Waals surface area contributed by atoms with E-state index in [-0.39, 0.29) is 0 Å². The van der Waals surface area contributed by atoms with E-state index < -0.39 is 0 Å². The summed E-state index contributed by atoms with van der Waals surface area (Å²) in [6, 6.07) is 13.6. The van der Waals surface area contributed by atoms with Crippen molar-refractivity contribution in [2.45, 2.75) is 13.8 Å². The number of nitrogens with zero attached hydrogens (tertiary/aromatic N) is 4. The molecular weight excluding hydrogens is 360 g/mol. The highest BCUT2D eigenvalue weighted by atomic mass is 35.5. The van der Waals surface area contributed by atoms with Crippen LogP contribution in [-0.2, 0) is 0 Å². The van der Waals surface area contributed by atoms with Gasteiger partial charge in [0.1, 0.15) is 0 Å². The molecule has 0 saturated carbocycles. The van der Waals surface area contributed by atoms with Gasteiger partial charge >= 0.3 is 0 Å². The zero-order valence-corrected chi connectivity index (χ0v) is 15.6.